The fourth-order valence-corrected chi connectivity index (χ4v) is 3.95. The van der Waals surface area contributed by atoms with Crippen LogP contribution < -0.4 is 19.6 Å². The van der Waals surface area contributed by atoms with Crippen LogP contribution in [0.1, 0.15) is 27.0 Å². The minimum atomic E-state index is -0.455. The molecule has 0 bridgehead atoms. The number of nitrogens with one attached hydrogen (secondary N) is 1. The van der Waals surface area contributed by atoms with Crippen LogP contribution >= 0.6 is 23.2 Å². The summed E-state index contributed by atoms with van der Waals surface area (Å²) < 4.78 is 16.9. The van der Waals surface area contributed by atoms with Crippen LogP contribution in [0, 0.1) is 10.1 Å². The monoisotopic (exact) mass is 579 g/mol. The lowest BCUT2D eigenvalue weighted by Gasteiger charge is -2.11. The van der Waals surface area contributed by atoms with E-state index >= 15 is 0 Å². The Bertz CT molecular complexity index is 1530. The SMILES string of the molecule is COc1cc(/C=N\NC(=O)c2ccc(OCc3ccc(Cl)cc3Cl)cc2)ccc1OCc1ccc([N+](=O)[O-])cc1. The van der Waals surface area contributed by atoms with Crippen molar-refractivity contribution >= 4 is 41.0 Å². The van der Waals surface area contributed by atoms with Crippen LogP contribution in [-0.4, -0.2) is 24.2 Å². The Morgan fingerprint density at radius 2 is 1.68 bits per heavy atom. The topological polar surface area (TPSA) is 112 Å². The van der Waals surface area contributed by atoms with Gasteiger partial charge in [-0.05, 0) is 77.9 Å². The average Bonchev–Trinajstić information content (AvgIpc) is 2.96. The Morgan fingerprint density at radius 3 is 2.35 bits per heavy atom. The lowest BCUT2D eigenvalue weighted by molar-refractivity contribution is -0.384. The van der Waals surface area contributed by atoms with Crippen molar-refractivity contribution in [1.29, 1.82) is 0 Å². The lowest BCUT2D eigenvalue weighted by Crippen LogP contribution is -2.17. The van der Waals surface area contributed by atoms with E-state index in [1.807, 2.05) is 0 Å². The average molecular weight is 580 g/mol. The fourth-order valence-electron chi connectivity index (χ4n) is 3.49. The number of hydrazone groups is 1. The van der Waals surface area contributed by atoms with Crippen molar-refractivity contribution in [3.8, 4) is 17.2 Å². The zero-order chi connectivity index (χ0) is 28.5. The summed E-state index contributed by atoms with van der Waals surface area (Å²) in [4.78, 5) is 22.8. The molecule has 204 valence electrons. The highest BCUT2D eigenvalue weighted by molar-refractivity contribution is 6.35. The Kier molecular flexibility index (Phi) is 9.56. The number of nitro groups is 1. The molecule has 0 atom stereocenters. The second-order valence-electron chi connectivity index (χ2n) is 8.37. The number of nitro benzene ring substituents is 1. The van der Waals surface area contributed by atoms with Gasteiger partial charge in [-0.1, -0.05) is 29.3 Å². The second kappa shape index (κ2) is 13.5. The van der Waals surface area contributed by atoms with Crippen LogP contribution in [0.25, 0.3) is 0 Å². The molecule has 0 heterocycles. The first kappa shape index (κ1) is 28.4. The van der Waals surface area contributed by atoms with Crippen molar-refractivity contribution in [2.75, 3.05) is 7.11 Å². The molecule has 0 fully saturated rings. The summed E-state index contributed by atoms with van der Waals surface area (Å²) in [6.07, 6.45) is 1.48. The maximum absolute atomic E-state index is 12.5. The Balaban J connectivity index is 1.29. The number of halogens is 2. The number of benzene rings is 4. The molecule has 4 aromatic carbocycles. The van der Waals surface area contributed by atoms with Gasteiger partial charge in [-0.3, -0.25) is 14.9 Å². The van der Waals surface area contributed by atoms with Crippen molar-refractivity contribution in [3.05, 3.63) is 127 Å². The molecule has 0 unspecified atom stereocenters. The molecule has 0 aliphatic rings. The van der Waals surface area contributed by atoms with E-state index in [0.717, 1.165) is 11.1 Å². The number of nitrogens with zero attached hydrogens (tertiary/aromatic N) is 2. The standard InChI is InChI=1S/C29H23Cl2N3O6/c1-38-28-14-20(4-13-27(28)40-17-19-2-9-24(10-3-19)34(36)37)16-32-33-29(35)21-6-11-25(12-7-21)39-18-22-5-8-23(30)15-26(22)31/h2-16H,17-18H2,1H3,(H,33,35)/b32-16-. The van der Waals surface area contributed by atoms with Gasteiger partial charge in [-0.15, -0.1) is 0 Å². The van der Waals surface area contributed by atoms with Crippen LogP contribution in [0.3, 0.4) is 0 Å². The third kappa shape index (κ3) is 7.72. The molecular weight excluding hydrogens is 557 g/mol. The first-order chi connectivity index (χ1) is 19.3. The minimum Gasteiger partial charge on any atom is -0.493 e. The minimum absolute atomic E-state index is 0.0130. The van der Waals surface area contributed by atoms with Crippen molar-refractivity contribution in [2.45, 2.75) is 13.2 Å². The van der Waals surface area contributed by atoms with Crippen molar-refractivity contribution < 1.29 is 23.9 Å². The fraction of sp³-hybridized carbons (Fsp3) is 0.103. The highest BCUT2D eigenvalue weighted by Crippen LogP contribution is 2.29. The number of ether oxygens (including phenoxy) is 3. The normalized spacial score (nSPS) is 10.8. The Hall–Kier alpha value is -4.60. The predicted octanol–water partition coefficient (Wildman–Crippen LogP) is 6.83. The molecule has 0 aliphatic carbocycles. The molecule has 0 aromatic heterocycles. The number of non-ortho nitro benzene ring substituents is 1. The van der Waals surface area contributed by atoms with Crippen LogP contribution in [0.2, 0.25) is 10.0 Å². The largest absolute Gasteiger partial charge is 0.493 e. The highest BCUT2D eigenvalue weighted by Gasteiger charge is 2.09. The quantitative estimate of drug-likeness (QED) is 0.118. The van der Waals surface area contributed by atoms with E-state index in [1.54, 1.807) is 72.8 Å². The first-order valence-electron chi connectivity index (χ1n) is 11.9. The maximum atomic E-state index is 12.5. The Labute approximate surface area is 240 Å². The molecule has 40 heavy (non-hydrogen) atoms. The second-order valence-corrected chi connectivity index (χ2v) is 9.21. The van der Waals surface area contributed by atoms with Crippen molar-refractivity contribution in [1.82, 2.24) is 5.43 Å². The van der Waals surface area contributed by atoms with Gasteiger partial charge >= 0.3 is 0 Å². The molecule has 1 amide bonds. The van der Waals surface area contributed by atoms with Gasteiger partial charge in [0.15, 0.2) is 11.5 Å². The van der Waals surface area contributed by atoms with Gasteiger partial charge in [0.2, 0.25) is 0 Å². The van der Waals surface area contributed by atoms with E-state index < -0.39 is 10.8 Å². The molecule has 11 heteroatoms. The van der Waals surface area contributed by atoms with Crippen LogP contribution in [0.5, 0.6) is 17.2 Å². The maximum Gasteiger partial charge on any atom is 0.271 e. The molecule has 0 saturated carbocycles. The van der Waals surface area contributed by atoms with Gasteiger partial charge in [0.05, 0.1) is 18.2 Å². The van der Waals surface area contributed by atoms with E-state index in [9.17, 15) is 14.9 Å². The zero-order valence-electron chi connectivity index (χ0n) is 21.2. The van der Waals surface area contributed by atoms with Crippen molar-refractivity contribution in [3.63, 3.8) is 0 Å². The number of amides is 1. The molecule has 0 radical (unpaired) electrons. The molecule has 0 saturated heterocycles. The number of hydrogen-bond donors (Lipinski definition) is 1. The van der Waals surface area contributed by atoms with Gasteiger partial charge in [-0.2, -0.15) is 5.10 Å². The first-order valence-corrected chi connectivity index (χ1v) is 12.6. The van der Waals surface area contributed by atoms with E-state index in [0.29, 0.717) is 38.4 Å². The van der Waals surface area contributed by atoms with Gasteiger partial charge in [0.25, 0.3) is 11.6 Å². The molecule has 0 spiro atoms. The summed E-state index contributed by atoms with van der Waals surface area (Å²) in [6.45, 7) is 0.465. The summed E-state index contributed by atoms with van der Waals surface area (Å²) in [5, 5.41) is 15.9. The zero-order valence-corrected chi connectivity index (χ0v) is 22.7. The van der Waals surface area contributed by atoms with E-state index in [-0.39, 0.29) is 18.9 Å². The van der Waals surface area contributed by atoms with Gasteiger partial charge in [0, 0.05) is 33.3 Å². The molecule has 9 nitrogen and oxygen atoms in total. The summed E-state index contributed by atoms with van der Waals surface area (Å²) in [6, 6.07) is 23.1. The van der Waals surface area contributed by atoms with Crippen LogP contribution in [0.15, 0.2) is 90.0 Å². The van der Waals surface area contributed by atoms with Gasteiger partial charge < -0.3 is 14.2 Å². The van der Waals surface area contributed by atoms with E-state index in [2.05, 4.69) is 10.5 Å². The summed E-state index contributed by atoms with van der Waals surface area (Å²) in [7, 11) is 1.51. The Morgan fingerprint density at radius 1 is 0.925 bits per heavy atom. The third-order valence-corrected chi connectivity index (χ3v) is 6.22. The third-order valence-electron chi connectivity index (χ3n) is 5.63. The molecule has 4 rings (SSSR count). The smallest absolute Gasteiger partial charge is 0.271 e. The predicted molar refractivity (Wildman–Crippen MR) is 153 cm³/mol. The number of methoxy groups -OCH3 is 1. The molecule has 1 N–H and O–H groups in total. The number of carbonyl (C=O) groups is 1. The summed E-state index contributed by atoms with van der Waals surface area (Å²) >= 11 is 12.1. The lowest BCUT2D eigenvalue weighted by atomic mass is 10.2. The van der Waals surface area contributed by atoms with Crippen LogP contribution in [0.4, 0.5) is 5.69 Å². The number of hydrogen-bond acceptors (Lipinski definition) is 7. The van der Waals surface area contributed by atoms with E-state index in [1.165, 1.54) is 25.5 Å². The number of rotatable bonds is 11. The van der Waals surface area contributed by atoms with Gasteiger partial charge in [0.1, 0.15) is 19.0 Å². The summed E-state index contributed by atoms with van der Waals surface area (Å²) in [5.41, 5.74) is 5.14. The van der Waals surface area contributed by atoms with Gasteiger partial charge in [-0.25, -0.2) is 5.43 Å². The summed E-state index contributed by atoms with van der Waals surface area (Å²) in [5.74, 6) is 1.14. The molecular formula is C29H23Cl2N3O6. The van der Waals surface area contributed by atoms with Crippen molar-refractivity contribution in [2.24, 2.45) is 5.10 Å². The van der Waals surface area contributed by atoms with E-state index in [4.69, 9.17) is 37.4 Å². The number of carbonyl (C=O) groups excluding carboxylic acids is 1. The van der Waals surface area contributed by atoms with Crippen LogP contribution in [-0.2, 0) is 13.2 Å². The molecule has 0 aliphatic heterocycles. The molecule has 4 aromatic rings. The highest BCUT2D eigenvalue weighted by atomic mass is 35.5.